The van der Waals surface area contributed by atoms with Crippen molar-refractivity contribution < 1.29 is 0 Å². The lowest BCUT2D eigenvalue weighted by Crippen LogP contribution is -1.54. The molecule has 0 atom stereocenters. The molecule has 0 aliphatic carbocycles. The van der Waals surface area contributed by atoms with E-state index >= 15 is 0 Å². The molecule has 1 N–H and O–H groups in total. The first kappa shape index (κ1) is 5.92. The molecule has 35 valence electrons. The smallest absolute Gasteiger partial charge is 0.0399 e. The molecular formula is C6H6N. The molecule has 1 heteroatoms. The molecule has 0 unspecified atom stereocenters. The molecule has 0 aromatic carbocycles. The molecule has 0 spiro atoms. The minimum atomic E-state index is 0.814. The van der Waals surface area contributed by atoms with Crippen molar-refractivity contribution in [2.45, 2.75) is 13.3 Å². The molecule has 0 saturated heterocycles. The Kier molecular flexibility index (Phi) is 4.16. The normalized spacial score (nSPS) is 4.71. The van der Waals surface area contributed by atoms with E-state index < -0.39 is 0 Å². The summed E-state index contributed by atoms with van der Waals surface area (Å²) in [5.41, 5.74) is 6.32. The van der Waals surface area contributed by atoms with Crippen molar-refractivity contribution in [3.05, 3.63) is 0 Å². The monoisotopic (exact) mass is 92.1 g/mol. The lowest BCUT2D eigenvalue weighted by molar-refractivity contribution is 1.28. The second-order valence-corrected chi connectivity index (χ2v) is 0.905. The second kappa shape index (κ2) is 4.92. The van der Waals surface area contributed by atoms with Crippen molar-refractivity contribution >= 4 is 0 Å². The Morgan fingerprint density at radius 2 is 2.14 bits per heavy atom. The highest BCUT2D eigenvalue weighted by Gasteiger charge is 1.53. The van der Waals surface area contributed by atoms with Crippen LogP contribution < -0.4 is 5.73 Å². The summed E-state index contributed by atoms with van der Waals surface area (Å²) >= 11 is 0. The molecule has 1 nitrogen and oxygen atoms in total. The van der Waals surface area contributed by atoms with Gasteiger partial charge in [0.15, 0.2) is 0 Å². The largest absolute Gasteiger partial charge is 0.251 e. The summed E-state index contributed by atoms with van der Waals surface area (Å²) in [5.74, 6) is 7.50. The van der Waals surface area contributed by atoms with Gasteiger partial charge in [-0.25, -0.2) is 0 Å². The molecule has 0 fully saturated rings. The van der Waals surface area contributed by atoms with Gasteiger partial charge < -0.3 is 0 Å². The third kappa shape index (κ3) is 4.92. The van der Waals surface area contributed by atoms with Gasteiger partial charge in [-0.3, -0.25) is 5.73 Å². The van der Waals surface area contributed by atoms with Crippen molar-refractivity contribution in [2.24, 2.45) is 0 Å². The summed E-state index contributed by atoms with van der Waals surface area (Å²) in [6.07, 6.45) is 0.814. The van der Waals surface area contributed by atoms with Crippen LogP contribution in [0.25, 0.3) is 0 Å². The molecule has 1 radical (unpaired) electrons. The van der Waals surface area contributed by atoms with Gasteiger partial charge in [0.1, 0.15) is 0 Å². The molecule has 0 amide bonds. The Morgan fingerprint density at radius 3 is 2.57 bits per heavy atom. The lowest BCUT2D eigenvalue weighted by atomic mass is 10.5. The summed E-state index contributed by atoms with van der Waals surface area (Å²) in [5, 5.41) is 0. The average molecular weight is 92.1 g/mol. The van der Waals surface area contributed by atoms with Crippen LogP contribution in [0.2, 0.25) is 0 Å². The zero-order valence-electron chi connectivity index (χ0n) is 4.21. The molecule has 0 aromatic heterocycles. The lowest BCUT2D eigenvalue weighted by Gasteiger charge is -1.59. The van der Waals surface area contributed by atoms with E-state index in [1.165, 1.54) is 0 Å². The number of hydrogen-bond donors (Lipinski definition) is 0. The molecule has 0 saturated carbocycles. The molecule has 0 bridgehead atoms. The van der Waals surface area contributed by atoms with Crippen LogP contribution in [0.5, 0.6) is 0 Å². The highest BCUT2D eigenvalue weighted by molar-refractivity contribution is 5.23. The zero-order valence-corrected chi connectivity index (χ0v) is 4.21. The summed E-state index contributed by atoms with van der Waals surface area (Å²) < 4.78 is 0. The van der Waals surface area contributed by atoms with Crippen LogP contribution in [0.4, 0.5) is 0 Å². The highest BCUT2D eigenvalue weighted by Crippen LogP contribution is 1.63. The topological polar surface area (TPSA) is 23.8 Å². The number of hydrogen-bond acceptors (Lipinski definition) is 0. The van der Waals surface area contributed by atoms with E-state index in [1.54, 1.807) is 0 Å². The van der Waals surface area contributed by atoms with E-state index in [1.807, 2.05) is 13.0 Å². The highest BCUT2D eigenvalue weighted by atomic mass is 14.4. The third-order valence-corrected chi connectivity index (χ3v) is 0.390. The van der Waals surface area contributed by atoms with Gasteiger partial charge >= 0.3 is 0 Å². The second-order valence-electron chi connectivity index (χ2n) is 0.905. The summed E-state index contributed by atoms with van der Waals surface area (Å²) in [6, 6.07) is 1.93. The Labute approximate surface area is 43.9 Å². The Hall–Kier alpha value is -1.08. The predicted octanol–water partition coefficient (Wildman–Crippen LogP) is 0.644. The third-order valence-electron chi connectivity index (χ3n) is 0.390. The molecule has 0 heterocycles. The molecule has 0 aliphatic rings. The average Bonchev–Trinajstić information content (AvgIpc) is 1.69. The van der Waals surface area contributed by atoms with Gasteiger partial charge in [-0.1, -0.05) is 12.8 Å². The Balaban J connectivity index is 3.39. The van der Waals surface area contributed by atoms with Crippen molar-refractivity contribution in [3.63, 3.8) is 0 Å². The summed E-state index contributed by atoms with van der Waals surface area (Å²) in [4.78, 5) is 0. The maximum atomic E-state index is 6.32. The van der Waals surface area contributed by atoms with Gasteiger partial charge in [-0.2, -0.15) is 0 Å². The van der Waals surface area contributed by atoms with Crippen LogP contribution >= 0.6 is 0 Å². The first-order valence-electron chi connectivity index (χ1n) is 2.06. The van der Waals surface area contributed by atoms with Crippen molar-refractivity contribution in [3.8, 4) is 23.8 Å². The Morgan fingerprint density at radius 1 is 1.43 bits per heavy atom. The first-order valence-corrected chi connectivity index (χ1v) is 2.06. The predicted molar refractivity (Wildman–Crippen MR) is 28.9 cm³/mol. The fraction of sp³-hybridized carbons (Fsp3) is 0.333. The number of nitrogens with one attached hydrogen (secondary N) is 1. The van der Waals surface area contributed by atoms with Crippen molar-refractivity contribution in [1.82, 2.24) is 5.73 Å². The maximum Gasteiger partial charge on any atom is 0.0399 e. The van der Waals surface area contributed by atoms with Crippen LogP contribution in [0.3, 0.4) is 0 Å². The first-order chi connectivity index (χ1) is 3.41. The fourth-order valence-electron chi connectivity index (χ4n) is 0.164. The van der Waals surface area contributed by atoms with Crippen molar-refractivity contribution in [1.29, 1.82) is 0 Å². The molecule has 0 aromatic rings. The van der Waals surface area contributed by atoms with E-state index in [2.05, 4.69) is 17.8 Å². The minimum Gasteiger partial charge on any atom is -0.251 e. The van der Waals surface area contributed by atoms with Gasteiger partial charge in [0.2, 0.25) is 0 Å². The molecule has 7 heavy (non-hydrogen) atoms. The van der Waals surface area contributed by atoms with E-state index in [0.29, 0.717) is 0 Å². The molecule has 0 aliphatic heterocycles. The van der Waals surface area contributed by atoms with Gasteiger partial charge in [0.05, 0.1) is 0 Å². The van der Waals surface area contributed by atoms with Gasteiger partial charge in [0.25, 0.3) is 0 Å². The molecular weight excluding hydrogens is 86.1 g/mol. The summed E-state index contributed by atoms with van der Waals surface area (Å²) in [7, 11) is 0. The Bertz CT molecular complexity index is 137. The van der Waals surface area contributed by atoms with E-state index in [9.17, 15) is 0 Å². The minimum absolute atomic E-state index is 0.814. The van der Waals surface area contributed by atoms with Gasteiger partial charge in [-0.05, 0) is 5.92 Å². The quantitative estimate of drug-likeness (QED) is 0.392. The van der Waals surface area contributed by atoms with Gasteiger partial charge in [-0.15, -0.1) is 0 Å². The van der Waals surface area contributed by atoms with Crippen LogP contribution in [0, 0.1) is 23.8 Å². The maximum absolute atomic E-state index is 6.32. The van der Waals surface area contributed by atoms with Crippen molar-refractivity contribution in [2.75, 3.05) is 0 Å². The SMILES string of the molecule is CCC#CC#C[NH]. The van der Waals surface area contributed by atoms with Crippen LogP contribution in [0.1, 0.15) is 13.3 Å². The summed E-state index contributed by atoms with van der Waals surface area (Å²) in [6.45, 7) is 1.94. The fourth-order valence-corrected chi connectivity index (χ4v) is 0.164. The van der Waals surface area contributed by atoms with E-state index in [0.717, 1.165) is 6.42 Å². The molecule has 0 rings (SSSR count). The van der Waals surface area contributed by atoms with Gasteiger partial charge in [0, 0.05) is 18.4 Å². The zero-order chi connectivity index (χ0) is 5.54. The van der Waals surface area contributed by atoms with E-state index in [4.69, 9.17) is 5.73 Å². The van der Waals surface area contributed by atoms with Crippen LogP contribution in [-0.2, 0) is 0 Å². The number of rotatable bonds is 0. The van der Waals surface area contributed by atoms with E-state index in [-0.39, 0.29) is 0 Å². The van der Waals surface area contributed by atoms with Crippen LogP contribution in [-0.4, -0.2) is 0 Å². The van der Waals surface area contributed by atoms with Crippen LogP contribution in [0.15, 0.2) is 0 Å². The standard InChI is InChI=1S/C6H6N/c1-2-3-4-5-6-7/h7H,2H2,1H3.